The maximum Gasteiger partial charge on any atom is 0.339 e. The number of hydrogen-bond acceptors (Lipinski definition) is 4. The van der Waals surface area contributed by atoms with E-state index < -0.39 is 15.9 Å². The maximum absolute atomic E-state index is 12.7. The molecule has 104 valence electrons. The zero-order valence-corrected chi connectivity index (χ0v) is 11.4. The van der Waals surface area contributed by atoms with Gasteiger partial charge in [-0.1, -0.05) is 12.1 Å². The van der Waals surface area contributed by atoms with Crippen LogP contribution < -0.4 is 4.18 Å². The summed E-state index contributed by atoms with van der Waals surface area (Å²) in [7, 11) is -4.00. The average Bonchev–Trinajstić information content (AvgIpc) is 2.41. The molecule has 20 heavy (non-hydrogen) atoms. The molecule has 0 aliphatic carbocycles. The smallest absolute Gasteiger partial charge is 0.339 e. The van der Waals surface area contributed by atoms with Crippen LogP contribution in [-0.4, -0.2) is 14.2 Å². The molecule has 4 nitrogen and oxygen atoms in total. The van der Waals surface area contributed by atoms with Crippen LogP contribution in [0.3, 0.4) is 0 Å². The van der Waals surface area contributed by atoms with E-state index >= 15 is 0 Å². The molecule has 6 heteroatoms. The third-order valence-electron chi connectivity index (χ3n) is 2.57. The van der Waals surface area contributed by atoms with E-state index in [0.717, 1.165) is 12.1 Å². The number of halogens is 1. The van der Waals surface area contributed by atoms with Gasteiger partial charge in [-0.2, -0.15) is 8.42 Å². The largest absolute Gasteiger partial charge is 0.379 e. The molecule has 0 heterocycles. The first-order chi connectivity index (χ1) is 9.38. The monoisotopic (exact) mass is 294 g/mol. The van der Waals surface area contributed by atoms with Crippen molar-refractivity contribution in [3.8, 4) is 5.75 Å². The summed E-state index contributed by atoms with van der Waals surface area (Å²) in [6, 6.07) is 10.0. The highest BCUT2D eigenvalue weighted by Gasteiger charge is 2.16. The molecule has 0 aliphatic heterocycles. The van der Waals surface area contributed by atoms with E-state index in [4.69, 9.17) is 4.18 Å². The zero-order chi connectivity index (χ0) is 14.8. The van der Waals surface area contributed by atoms with Gasteiger partial charge in [0.15, 0.2) is 5.78 Å². The van der Waals surface area contributed by atoms with Gasteiger partial charge >= 0.3 is 10.1 Å². The van der Waals surface area contributed by atoms with Crippen molar-refractivity contribution >= 4 is 15.9 Å². The minimum Gasteiger partial charge on any atom is -0.379 e. The number of hydrogen-bond donors (Lipinski definition) is 0. The van der Waals surface area contributed by atoms with Crippen LogP contribution in [0.15, 0.2) is 53.4 Å². The van der Waals surface area contributed by atoms with Crippen LogP contribution in [0.2, 0.25) is 0 Å². The summed E-state index contributed by atoms with van der Waals surface area (Å²) in [5.41, 5.74) is 0.408. The van der Waals surface area contributed by atoms with Crippen molar-refractivity contribution in [3.63, 3.8) is 0 Å². The molecule has 0 atom stereocenters. The van der Waals surface area contributed by atoms with E-state index in [-0.39, 0.29) is 16.4 Å². The minimum absolute atomic E-state index is 0.0158. The molecule has 0 N–H and O–H groups in total. The van der Waals surface area contributed by atoms with E-state index in [1.165, 1.54) is 43.3 Å². The standard InChI is InChI=1S/C14H11FO4S/c1-10(16)11-2-8-14(9-3-11)20(17,18)19-13-6-4-12(15)5-7-13/h2-9H,1H3. The summed E-state index contributed by atoms with van der Waals surface area (Å²) < 4.78 is 41.5. The first-order valence-corrected chi connectivity index (χ1v) is 7.10. The van der Waals surface area contributed by atoms with Gasteiger partial charge in [0.1, 0.15) is 16.5 Å². The molecule has 2 rings (SSSR count). The minimum atomic E-state index is -4.00. The third kappa shape index (κ3) is 3.21. The van der Waals surface area contributed by atoms with E-state index in [1.54, 1.807) is 0 Å². The van der Waals surface area contributed by atoms with Gasteiger partial charge in [0.2, 0.25) is 0 Å². The Labute approximate surface area is 115 Å². The van der Waals surface area contributed by atoms with Gasteiger partial charge < -0.3 is 4.18 Å². The molecule has 2 aromatic rings. The van der Waals surface area contributed by atoms with E-state index in [9.17, 15) is 17.6 Å². The van der Waals surface area contributed by atoms with Crippen LogP contribution in [0.5, 0.6) is 5.75 Å². The molecule has 0 unspecified atom stereocenters. The second-order valence-corrected chi connectivity index (χ2v) is 5.62. The van der Waals surface area contributed by atoms with Gasteiger partial charge in [-0.25, -0.2) is 4.39 Å². The number of carbonyl (C=O) groups is 1. The lowest BCUT2D eigenvalue weighted by Crippen LogP contribution is -2.10. The lowest BCUT2D eigenvalue weighted by molar-refractivity contribution is 0.101. The summed E-state index contributed by atoms with van der Waals surface area (Å²) in [5, 5.41) is 0. The Morgan fingerprint density at radius 3 is 2.05 bits per heavy atom. The predicted molar refractivity (Wildman–Crippen MR) is 70.7 cm³/mol. The zero-order valence-electron chi connectivity index (χ0n) is 10.5. The Kier molecular flexibility index (Phi) is 3.85. The van der Waals surface area contributed by atoms with E-state index in [2.05, 4.69) is 0 Å². The highest BCUT2D eigenvalue weighted by atomic mass is 32.2. The van der Waals surface area contributed by atoms with E-state index in [0.29, 0.717) is 5.56 Å². The van der Waals surface area contributed by atoms with Gasteiger partial charge in [-0.05, 0) is 43.3 Å². The van der Waals surface area contributed by atoms with Crippen molar-refractivity contribution in [1.29, 1.82) is 0 Å². The second-order valence-electron chi connectivity index (χ2n) is 4.07. The quantitative estimate of drug-likeness (QED) is 0.642. The Bertz CT molecular complexity index is 719. The molecule has 0 radical (unpaired) electrons. The molecular weight excluding hydrogens is 283 g/mol. The third-order valence-corrected chi connectivity index (χ3v) is 3.83. The molecular formula is C14H11FO4S. The molecule has 0 spiro atoms. The lowest BCUT2D eigenvalue weighted by atomic mass is 10.2. The van der Waals surface area contributed by atoms with Crippen molar-refractivity contribution in [2.75, 3.05) is 0 Å². The fourth-order valence-electron chi connectivity index (χ4n) is 1.52. The Hall–Kier alpha value is -2.21. The van der Waals surface area contributed by atoms with Gasteiger partial charge in [-0.15, -0.1) is 0 Å². The summed E-state index contributed by atoms with van der Waals surface area (Å²) in [4.78, 5) is 11.0. The number of rotatable bonds is 4. The second kappa shape index (κ2) is 5.42. The molecule has 0 aromatic heterocycles. The Balaban J connectivity index is 2.26. The van der Waals surface area contributed by atoms with Crippen LogP contribution in [0.1, 0.15) is 17.3 Å². The maximum atomic E-state index is 12.7. The van der Waals surface area contributed by atoms with Crippen LogP contribution >= 0.6 is 0 Å². The van der Waals surface area contributed by atoms with Gasteiger partial charge in [0.25, 0.3) is 0 Å². The van der Waals surface area contributed by atoms with Crippen molar-refractivity contribution in [2.24, 2.45) is 0 Å². The van der Waals surface area contributed by atoms with Gasteiger partial charge in [0, 0.05) is 5.56 Å². The van der Waals surface area contributed by atoms with Crippen LogP contribution in [0, 0.1) is 5.82 Å². The van der Waals surface area contributed by atoms with Crippen molar-refractivity contribution < 1.29 is 21.8 Å². The SMILES string of the molecule is CC(=O)c1ccc(S(=O)(=O)Oc2ccc(F)cc2)cc1. The van der Waals surface area contributed by atoms with Gasteiger partial charge in [-0.3, -0.25) is 4.79 Å². The molecule has 0 aliphatic rings. The predicted octanol–water partition coefficient (Wildman–Crippen LogP) is 2.80. The van der Waals surface area contributed by atoms with Crippen molar-refractivity contribution in [1.82, 2.24) is 0 Å². The molecule has 0 saturated heterocycles. The summed E-state index contributed by atoms with van der Waals surface area (Å²) >= 11 is 0. The van der Waals surface area contributed by atoms with E-state index in [1.807, 2.05) is 0 Å². The number of benzene rings is 2. The fraction of sp³-hybridized carbons (Fsp3) is 0.0714. The molecule has 2 aromatic carbocycles. The first-order valence-electron chi connectivity index (χ1n) is 5.69. The highest BCUT2D eigenvalue weighted by Crippen LogP contribution is 2.19. The number of ketones is 1. The fourth-order valence-corrected chi connectivity index (χ4v) is 2.45. The van der Waals surface area contributed by atoms with Crippen LogP contribution in [0.25, 0.3) is 0 Å². The molecule has 0 bridgehead atoms. The van der Waals surface area contributed by atoms with Crippen LogP contribution in [0.4, 0.5) is 4.39 Å². The highest BCUT2D eigenvalue weighted by molar-refractivity contribution is 7.87. The van der Waals surface area contributed by atoms with Crippen molar-refractivity contribution in [2.45, 2.75) is 11.8 Å². The normalized spacial score (nSPS) is 11.1. The molecule has 0 saturated carbocycles. The van der Waals surface area contributed by atoms with Crippen LogP contribution in [-0.2, 0) is 10.1 Å². The molecule has 0 fully saturated rings. The molecule has 0 amide bonds. The number of carbonyl (C=O) groups excluding carboxylic acids is 1. The average molecular weight is 294 g/mol. The topological polar surface area (TPSA) is 60.4 Å². The Morgan fingerprint density at radius 1 is 1.00 bits per heavy atom. The van der Waals surface area contributed by atoms with Crippen molar-refractivity contribution in [3.05, 3.63) is 59.9 Å². The summed E-state index contributed by atoms with van der Waals surface area (Å²) in [6.07, 6.45) is 0. The lowest BCUT2D eigenvalue weighted by Gasteiger charge is -2.07. The number of Topliss-reactive ketones (excluding diaryl/α,β-unsaturated/α-hetero) is 1. The first kappa shape index (κ1) is 14.2. The Morgan fingerprint density at radius 2 is 1.55 bits per heavy atom. The van der Waals surface area contributed by atoms with Gasteiger partial charge in [0.05, 0.1) is 0 Å². The summed E-state index contributed by atoms with van der Waals surface area (Å²) in [6.45, 7) is 1.39. The summed E-state index contributed by atoms with van der Waals surface area (Å²) in [5.74, 6) is -0.629.